The molecule has 39 heavy (non-hydrogen) atoms. The first-order valence-electron chi connectivity index (χ1n) is 12.7. The fourth-order valence-electron chi connectivity index (χ4n) is 5.00. The predicted molar refractivity (Wildman–Crippen MR) is 152 cm³/mol. The molecule has 0 amide bonds. The Balaban J connectivity index is 1.70. The lowest BCUT2D eigenvalue weighted by atomic mass is 9.82. The molecule has 0 atom stereocenters. The molecule has 0 radical (unpaired) electrons. The van der Waals surface area contributed by atoms with E-state index in [1.165, 1.54) is 25.3 Å². The number of benzene rings is 2. The predicted octanol–water partition coefficient (Wildman–Crippen LogP) is 7.07. The first-order valence-corrected chi connectivity index (χ1v) is 12.7. The van der Waals surface area contributed by atoms with Crippen LogP contribution >= 0.6 is 0 Å². The number of hydrogen-bond acceptors (Lipinski definition) is 7. The number of carbonyl (C=O) groups is 1. The normalized spacial score (nSPS) is 11.9. The maximum Gasteiger partial charge on any atom is 0.343 e. The summed E-state index contributed by atoms with van der Waals surface area (Å²) < 4.78 is 13.2. The van der Waals surface area contributed by atoms with E-state index in [1.54, 1.807) is 19.1 Å². The first kappa shape index (κ1) is 27.6. The summed E-state index contributed by atoms with van der Waals surface area (Å²) in [4.78, 5) is 28.5. The number of aryl methyl sites for hydroxylation is 1. The van der Waals surface area contributed by atoms with Crippen LogP contribution in [0.5, 0.6) is 11.5 Å². The Morgan fingerprint density at radius 1 is 1.05 bits per heavy atom. The van der Waals surface area contributed by atoms with E-state index < -0.39 is 10.9 Å². The molecule has 0 aliphatic heterocycles. The lowest BCUT2D eigenvalue weighted by Crippen LogP contribution is -2.36. The van der Waals surface area contributed by atoms with Gasteiger partial charge in [-0.2, -0.15) is 0 Å². The van der Waals surface area contributed by atoms with Crippen LogP contribution in [-0.4, -0.2) is 32.9 Å². The van der Waals surface area contributed by atoms with Crippen LogP contribution in [0.3, 0.4) is 0 Å². The number of nitro groups is 1. The number of nitro benzene ring substituents is 1. The number of imidazole rings is 1. The number of rotatable bonds is 8. The molecule has 9 heteroatoms. The summed E-state index contributed by atoms with van der Waals surface area (Å²) in [6, 6.07) is 15.3. The fraction of sp³-hybridized carbons (Fsp3) is 0.333. The highest BCUT2D eigenvalue weighted by molar-refractivity contribution is 5.92. The molecule has 0 aliphatic rings. The molecule has 2 aromatic heterocycles. The van der Waals surface area contributed by atoms with Crippen molar-refractivity contribution in [3.8, 4) is 22.8 Å². The van der Waals surface area contributed by atoms with Crippen molar-refractivity contribution in [3.05, 3.63) is 82.0 Å². The topological polar surface area (TPSA) is 108 Å². The van der Waals surface area contributed by atoms with Gasteiger partial charge in [0.25, 0.3) is 5.69 Å². The molecule has 0 unspecified atom stereocenters. The molecule has 0 bridgehead atoms. The highest BCUT2D eigenvalue weighted by Crippen LogP contribution is 2.38. The Morgan fingerprint density at radius 3 is 2.46 bits per heavy atom. The maximum absolute atomic E-state index is 12.8. The third-order valence-electron chi connectivity index (χ3n) is 6.24. The number of anilines is 1. The van der Waals surface area contributed by atoms with Gasteiger partial charge in [0.2, 0.25) is 0 Å². The molecule has 2 heterocycles. The lowest BCUT2D eigenvalue weighted by Gasteiger charge is -2.34. The Bertz CT molecular complexity index is 1550. The summed E-state index contributed by atoms with van der Waals surface area (Å²) in [6.07, 6.45) is 2.89. The molecular formula is C30H34N4O5. The van der Waals surface area contributed by atoms with Crippen LogP contribution in [0.2, 0.25) is 0 Å². The van der Waals surface area contributed by atoms with Crippen LogP contribution in [0.1, 0.15) is 57.0 Å². The molecule has 0 aliphatic carbocycles. The summed E-state index contributed by atoms with van der Waals surface area (Å²) in [5, 5.41) is 15.0. The van der Waals surface area contributed by atoms with Crippen molar-refractivity contribution < 1.29 is 19.2 Å². The zero-order chi connectivity index (χ0) is 28.5. The van der Waals surface area contributed by atoms with Gasteiger partial charge in [0.1, 0.15) is 17.2 Å². The Morgan fingerprint density at radius 2 is 1.79 bits per heavy atom. The van der Waals surface area contributed by atoms with Gasteiger partial charge in [0.05, 0.1) is 17.6 Å². The number of pyridine rings is 1. The Labute approximate surface area is 227 Å². The molecular weight excluding hydrogens is 496 g/mol. The second kappa shape index (κ2) is 10.4. The van der Waals surface area contributed by atoms with Crippen LogP contribution in [0, 0.1) is 22.5 Å². The molecule has 4 aromatic rings. The highest BCUT2D eigenvalue weighted by atomic mass is 16.6. The van der Waals surface area contributed by atoms with Gasteiger partial charge in [-0.25, -0.2) is 9.78 Å². The molecule has 1 N–H and O–H groups in total. The number of nitrogens with zero attached hydrogens (tertiary/aromatic N) is 3. The summed E-state index contributed by atoms with van der Waals surface area (Å²) in [6.45, 7) is 12.6. The lowest BCUT2D eigenvalue weighted by molar-refractivity contribution is -0.385. The van der Waals surface area contributed by atoms with Gasteiger partial charge in [-0.05, 0) is 69.0 Å². The molecule has 2 aromatic carbocycles. The highest BCUT2D eigenvalue weighted by Gasteiger charge is 2.28. The summed E-state index contributed by atoms with van der Waals surface area (Å²) in [7, 11) is 1.49. The zero-order valence-corrected chi connectivity index (χ0v) is 23.4. The molecule has 204 valence electrons. The van der Waals surface area contributed by atoms with Gasteiger partial charge in [0, 0.05) is 28.9 Å². The van der Waals surface area contributed by atoms with Crippen LogP contribution in [0.4, 0.5) is 11.5 Å². The number of esters is 1. The third kappa shape index (κ3) is 6.19. The zero-order valence-electron chi connectivity index (χ0n) is 23.4. The second-order valence-electron chi connectivity index (χ2n) is 11.5. The SMILES string of the molecule is COc1cc(-c2nc3ccccn3c2NC(C)(C)CC(C)(C)C)ccc1OC(=O)c1ccc(C)c([N+](=O)[O-])c1. The minimum atomic E-state index is -0.719. The van der Waals surface area contributed by atoms with Crippen LogP contribution in [-0.2, 0) is 0 Å². The maximum atomic E-state index is 12.8. The minimum absolute atomic E-state index is 0.0753. The van der Waals surface area contributed by atoms with Gasteiger partial charge < -0.3 is 14.8 Å². The van der Waals surface area contributed by atoms with E-state index in [4.69, 9.17) is 14.5 Å². The van der Waals surface area contributed by atoms with Gasteiger partial charge in [0.15, 0.2) is 11.5 Å². The second-order valence-corrected chi connectivity index (χ2v) is 11.5. The molecule has 0 saturated heterocycles. The minimum Gasteiger partial charge on any atom is -0.493 e. The average Bonchev–Trinajstić information content (AvgIpc) is 3.20. The monoisotopic (exact) mass is 530 g/mol. The van der Waals surface area contributed by atoms with E-state index in [0.717, 1.165) is 29.1 Å². The fourth-order valence-corrected chi connectivity index (χ4v) is 5.00. The number of fused-ring (bicyclic) bond motifs is 1. The van der Waals surface area contributed by atoms with Crippen LogP contribution in [0.25, 0.3) is 16.9 Å². The van der Waals surface area contributed by atoms with Gasteiger partial charge in [-0.1, -0.05) is 32.9 Å². The van der Waals surface area contributed by atoms with Crippen molar-refractivity contribution in [2.24, 2.45) is 5.41 Å². The number of nitrogens with one attached hydrogen (secondary N) is 1. The molecule has 4 rings (SSSR count). The van der Waals surface area contributed by atoms with E-state index >= 15 is 0 Å². The van der Waals surface area contributed by atoms with E-state index in [2.05, 4.69) is 39.9 Å². The summed E-state index contributed by atoms with van der Waals surface area (Å²) in [5.74, 6) is 0.655. The molecule has 0 spiro atoms. The van der Waals surface area contributed by atoms with Crippen molar-refractivity contribution in [1.29, 1.82) is 0 Å². The van der Waals surface area contributed by atoms with Gasteiger partial charge in [-0.15, -0.1) is 0 Å². The Hall–Kier alpha value is -4.40. The Kier molecular flexibility index (Phi) is 7.37. The average molecular weight is 531 g/mol. The smallest absolute Gasteiger partial charge is 0.343 e. The van der Waals surface area contributed by atoms with E-state index in [-0.39, 0.29) is 28.0 Å². The third-order valence-corrected chi connectivity index (χ3v) is 6.24. The molecule has 0 fully saturated rings. The first-order chi connectivity index (χ1) is 18.3. The number of ether oxygens (including phenoxy) is 2. The van der Waals surface area contributed by atoms with E-state index in [1.807, 2.05) is 34.9 Å². The number of hydrogen-bond donors (Lipinski definition) is 1. The van der Waals surface area contributed by atoms with Crippen LogP contribution < -0.4 is 14.8 Å². The quantitative estimate of drug-likeness (QED) is 0.112. The van der Waals surface area contributed by atoms with Crippen molar-refractivity contribution in [1.82, 2.24) is 9.38 Å². The largest absolute Gasteiger partial charge is 0.493 e. The number of methoxy groups -OCH3 is 1. The summed E-state index contributed by atoms with van der Waals surface area (Å²) >= 11 is 0. The van der Waals surface area contributed by atoms with Crippen molar-refractivity contribution >= 4 is 23.1 Å². The van der Waals surface area contributed by atoms with E-state index in [9.17, 15) is 14.9 Å². The molecule has 9 nitrogen and oxygen atoms in total. The van der Waals surface area contributed by atoms with Gasteiger partial charge in [-0.3, -0.25) is 14.5 Å². The molecule has 0 saturated carbocycles. The van der Waals surface area contributed by atoms with Crippen molar-refractivity contribution in [2.75, 3.05) is 12.4 Å². The van der Waals surface area contributed by atoms with Crippen LogP contribution in [0.15, 0.2) is 60.8 Å². The van der Waals surface area contributed by atoms with E-state index in [0.29, 0.717) is 11.3 Å². The number of aromatic nitrogens is 2. The number of carbonyl (C=O) groups excluding carboxylic acids is 1. The standard InChI is InChI=1S/C30H34N4O5/c1-19-11-12-21(16-22(19)34(36)37)28(35)39-23-14-13-20(17-24(23)38-7)26-27(32-30(5,6)18-29(2,3)4)33-15-9-8-10-25(33)31-26/h8-17,32H,18H2,1-7H3. The van der Waals surface area contributed by atoms with Gasteiger partial charge >= 0.3 is 5.97 Å². The summed E-state index contributed by atoms with van der Waals surface area (Å²) in [5.41, 5.74) is 2.57. The van der Waals surface area contributed by atoms with Crippen molar-refractivity contribution in [3.63, 3.8) is 0 Å². The van der Waals surface area contributed by atoms with Crippen molar-refractivity contribution in [2.45, 2.75) is 53.5 Å².